The number of amides is 1. The Morgan fingerprint density at radius 2 is 2.23 bits per heavy atom. The molecule has 0 fully saturated rings. The van der Waals surface area contributed by atoms with E-state index in [1.807, 2.05) is 44.8 Å². The molecule has 1 aromatic rings. The van der Waals surface area contributed by atoms with Gasteiger partial charge < -0.3 is 9.47 Å². The highest BCUT2D eigenvalue weighted by Crippen LogP contribution is 2.07. The van der Waals surface area contributed by atoms with Gasteiger partial charge in [0.2, 0.25) is 0 Å². The van der Waals surface area contributed by atoms with E-state index in [-0.39, 0.29) is 5.91 Å². The summed E-state index contributed by atoms with van der Waals surface area (Å²) in [5.74, 6) is 0.0816. The SMILES string of the molecule is CCN(C)C(=O)c1cc(C)cn1C. The van der Waals surface area contributed by atoms with Crippen LogP contribution in [0, 0.1) is 6.92 Å². The fourth-order valence-corrected chi connectivity index (χ4v) is 1.28. The summed E-state index contributed by atoms with van der Waals surface area (Å²) >= 11 is 0. The first-order chi connectivity index (χ1) is 6.06. The lowest BCUT2D eigenvalue weighted by Crippen LogP contribution is -2.27. The zero-order chi connectivity index (χ0) is 10.0. The Bertz CT molecular complexity index is 315. The van der Waals surface area contributed by atoms with Gasteiger partial charge >= 0.3 is 0 Å². The highest BCUT2D eigenvalue weighted by molar-refractivity contribution is 5.92. The van der Waals surface area contributed by atoms with Crippen LogP contribution < -0.4 is 0 Å². The molecule has 0 atom stereocenters. The maximum absolute atomic E-state index is 11.7. The molecule has 0 unspecified atom stereocenters. The lowest BCUT2D eigenvalue weighted by molar-refractivity contribution is 0.0793. The second kappa shape index (κ2) is 3.64. The minimum atomic E-state index is 0.0816. The second-order valence-corrected chi connectivity index (χ2v) is 3.33. The molecule has 72 valence electrons. The number of aryl methyl sites for hydroxylation is 2. The number of carbonyl (C=O) groups excluding carboxylic acids is 1. The van der Waals surface area contributed by atoms with E-state index in [1.54, 1.807) is 4.90 Å². The van der Waals surface area contributed by atoms with E-state index >= 15 is 0 Å². The normalized spacial score (nSPS) is 10.2. The van der Waals surface area contributed by atoms with Gasteiger partial charge in [-0.05, 0) is 25.5 Å². The van der Waals surface area contributed by atoms with Crippen molar-refractivity contribution in [3.8, 4) is 0 Å². The first-order valence-corrected chi connectivity index (χ1v) is 4.44. The van der Waals surface area contributed by atoms with Crippen molar-refractivity contribution in [3.05, 3.63) is 23.5 Å². The standard InChI is InChI=1S/C10H16N2O/c1-5-11(3)10(13)9-6-8(2)7-12(9)4/h6-7H,5H2,1-4H3. The summed E-state index contributed by atoms with van der Waals surface area (Å²) < 4.78 is 1.86. The summed E-state index contributed by atoms with van der Waals surface area (Å²) in [4.78, 5) is 13.4. The maximum atomic E-state index is 11.7. The average Bonchev–Trinajstić information content (AvgIpc) is 2.42. The monoisotopic (exact) mass is 180 g/mol. The Morgan fingerprint density at radius 3 is 2.62 bits per heavy atom. The first kappa shape index (κ1) is 9.84. The fraction of sp³-hybridized carbons (Fsp3) is 0.500. The van der Waals surface area contributed by atoms with E-state index < -0.39 is 0 Å². The highest BCUT2D eigenvalue weighted by atomic mass is 16.2. The van der Waals surface area contributed by atoms with Crippen molar-refractivity contribution in [3.63, 3.8) is 0 Å². The molecule has 13 heavy (non-hydrogen) atoms. The molecule has 0 aliphatic heterocycles. The summed E-state index contributed by atoms with van der Waals surface area (Å²) in [6, 6.07) is 1.91. The van der Waals surface area contributed by atoms with Gasteiger partial charge in [-0.15, -0.1) is 0 Å². The van der Waals surface area contributed by atoms with Crippen molar-refractivity contribution in [2.24, 2.45) is 7.05 Å². The molecule has 3 heteroatoms. The van der Waals surface area contributed by atoms with Crippen LogP contribution in [0.25, 0.3) is 0 Å². The quantitative estimate of drug-likeness (QED) is 0.675. The molecule has 0 aliphatic rings. The van der Waals surface area contributed by atoms with Crippen LogP contribution in [0.1, 0.15) is 23.0 Å². The lowest BCUT2D eigenvalue weighted by atomic mass is 10.3. The van der Waals surface area contributed by atoms with Crippen molar-refractivity contribution in [2.45, 2.75) is 13.8 Å². The summed E-state index contributed by atoms with van der Waals surface area (Å²) in [7, 11) is 3.70. The Balaban J connectivity index is 2.94. The van der Waals surface area contributed by atoms with Crippen LogP contribution in [0.3, 0.4) is 0 Å². The van der Waals surface area contributed by atoms with E-state index in [1.165, 1.54) is 0 Å². The third-order valence-electron chi connectivity index (χ3n) is 2.18. The molecule has 0 aliphatic carbocycles. The van der Waals surface area contributed by atoms with E-state index in [2.05, 4.69) is 0 Å². The topological polar surface area (TPSA) is 25.2 Å². The minimum Gasteiger partial charge on any atom is -0.346 e. The number of aromatic nitrogens is 1. The van der Waals surface area contributed by atoms with Gasteiger partial charge in [-0.25, -0.2) is 0 Å². The van der Waals surface area contributed by atoms with E-state index in [9.17, 15) is 4.79 Å². The molecular weight excluding hydrogens is 164 g/mol. The van der Waals surface area contributed by atoms with Crippen molar-refractivity contribution < 1.29 is 4.79 Å². The molecule has 0 aromatic carbocycles. The largest absolute Gasteiger partial charge is 0.346 e. The van der Waals surface area contributed by atoms with Crippen molar-refractivity contribution in [1.29, 1.82) is 0 Å². The number of hydrogen-bond acceptors (Lipinski definition) is 1. The number of nitrogens with zero attached hydrogens (tertiary/aromatic N) is 2. The van der Waals surface area contributed by atoms with Gasteiger partial charge in [-0.3, -0.25) is 4.79 Å². The molecule has 0 bridgehead atoms. The number of hydrogen-bond donors (Lipinski definition) is 0. The van der Waals surface area contributed by atoms with Crippen LogP contribution >= 0.6 is 0 Å². The molecule has 0 saturated carbocycles. The van der Waals surface area contributed by atoms with Crippen LogP contribution in [0.15, 0.2) is 12.3 Å². The van der Waals surface area contributed by atoms with Crippen LogP contribution in [0.2, 0.25) is 0 Å². The molecule has 3 nitrogen and oxygen atoms in total. The molecule has 0 N–H and O–H groups in total. The third kappa shape index (κ3) is 1.91. The number of rotatable bonds is 2. The Hall–Kier alpha value is -1.25. The van der Waals surface area contributed by atoms with Gasteiger partial charge in [0.25, 0.3) is 5.91 Å². The smallest absolute Gasteiger partial charge is 0.270 e. The van der Waals surface area contributed by atoms with E-state index in [0.29, 0.717) is 0 Å². The predicted molar refractivity (Wildman–Crippen MR) is 52.8 cm³/mol. The average molecular weight is 180 g/mol. The molecule has 1 rings (SSSR count). The van der Waals surface area contributed by atoms with E-state index in [4.69, 9.17) is 0 Å². The van der Waals surface area contributed by atoms with Crippen LogP contribution in [0.5, 0.6) is 0 Å². The summed E-state index contributed by atoms with van der Waals surface area (Å²) in [5.41, 5.74) is 1.87. The van der Waals surface area contributed by atoms with Gasteiger partial charge in [-0.1, -0.05) is 0 Å². The van der Waals surface area contributed by atoms with Gasteiger partial charge in [0.15, 0.2) is 0 Å². The van der Waals surface area contributed by atoms with Crippen LogP contribution in [-0.4, -0.2) is 29.0 Å². The van der Waals surface area contributed by atoms with Crippen molar-refractivity contribution >= 4 is 5.91 Å². The Morgan fingerprint density at radius 1 is 1.62 bits per heavy atom. The molecule has 1 heterocycles. The van der Waals surface area contributed by atoms with Gasteiger partial charge in [0.1, 0.15) is 5.69 Å². The maximum Gasteiger partial charge on any atom is 0.270 e. The highest BCUT2D eigenvalue weighted by Gasteiger charge is 2.13. The Kier molecular flexibility index (Phi) is 2.76. The third-order valence-corrected chi connectivity index (χ3v) is 2.18. The van der Waals surface area contributed by atoms with Crippen molar-refractivity contribution in [1.82, 2.24) is 9.47 Å². The lowest BCUT2D eigenvalue weighted by Gasteiger charge is -2.14. The second-order valence-electron chi connectivity index (χ2n) is 3.33. The molecule has 0 saturated heterocycles. The van der Waals surface area contributed by atoms with Gasteiger partial charge in [0, 0.05) is 26.8 Å². The summed E-state index contributed by atoms with van der Waals surface area (Å²) in [6.07, 6.45) is 1.96. The molecule has 0 radical (unpaired) electrons. The number of carbonyl (C=O) groups is 1. The fourth-order valence-electron chi connectivity index (χ4n) is 1.28. The zero-order valence-corrected chi connectivity index (χ0v) is 8.66. The molecule has 0 spiro atoms. The molecule has 1 amide bonds. The van der Waals surface area contributed by atoms with E-state index in [0.717, 1.165) is 17.8 Å². The minimum absolute atomic E-state index is 0.0816. The van der Waals surface area contributed by atoms with Gasteiger partial charge in [0.05, 0.1) is 0 Å². The molecule has 1 aromatic heterocycles. The van der Waals surface area contributed by atoms with Crippen LogP contribution in [0.4, 0.5) is 0 Å². The zero-order valence-electron chi connectivity index (χ0n) is 8.66. The summed E-state index contributed by atoms with van der Waals surface area (Å²) in [6.45, 7) is 4.69. The van der Waals surface area contributed by atoms with Gasteiger partial charge in [-0.2, -0.15) is 0 Å². The van der Waals surface area contributed by atoms with Crippen molar-refractivity contribution in [2.75, 3.05) is 13.6 Å². The first-order valence-electron chi connectivity index (χ1n) is 4.44. The Labute approximate surface area is 79.0 Å². The molecular formula is C10H16N2O. The predicted octanol–water partition coefficient (Wildman–Crippen LogP) is 1.43. The summed E-state index contributed by atoms with van der Waals surface area (Å²) in [5, 5.41) is 0. The van der Waals surface area contributed by atoms with Crippen LogP contribution in [-0.2, 0) is 7.05 Å².